The molecule has 2 aromatic rings. The van der Waals surface area contributed by atoms with Crippen molar-refractivity contribution in [1.82, 2.24) is 0 Å². The minimum absolute atomic E-state index is 0.0334. The molecule has 2 aromatic carbocycles. The molecule has 0 N–H and O–H groups in total. The number of ether oxygens (including phenoxy) is 1. The van der Waals surface area contributed by atoms with Crippen LogP contribution in [0.2, 0.25) is 5.02 Å². The van der Waals surface area contributed by atoms with Gasteiger partial charge in [-0.15, -0.1) is 0 Å². The number of nitro groups is 1. The van der Waals surface area contributed by atoms with Crippen LogP contribution in [0.1, 0.15) is 26.3 Å². The maximum atomic E-state index is 11.9. The van der Waals surface area contributed by atoms with E-state index in [1.807, 2.05) is 6.92 Å². The molecule has 0 radical (unpaired) electrons. The van der Waals surface area contributed by atoms with Crippen LogP contribution in [0.3, 0.4) is 0 Å². The van der Waals surface area contributed by atoms with Crippen LogP contribution in [0.5, 0.6) is 0 Å². The third-order valence-electron chi connectivity index (χ3n) is 3.09. The first-order valence-corrected chi connectivity index (χ1v) is 6.97. The molecule has 0 heterocycles. The van der Waals surface area contributed by atoms with Gasteiger partial charge in [-0.05, 0) is 13.0 Å². The van der Waals surface area contributed by atoms with E-state index >= 15 is 0 Å². The Labute approximate surface area is 136 Å². The Hall–Kier alpha value is -2.73. The number of hydrogen-bond donors (Lipinski definition) is 0. The average molecular weight is 334 g/mol. The minimum Gasteiger partial charge on any atom is -0.454 e. The summed E-state index contributed by atoms with van der Waals surface area (Å²) in [6, 6.07) is 10.2. The number of carbonyl (C=O) groups excluding carboxylic acids is 2. The summed E-state index contributed by atoms with van der Waals surface area (Å²) in [5.41, 5.74) is 1.17. The van der Waals surface area contributed by atoms with E-state index in [1.165, 1.54) is 6.07 Å². The van der Waals surface area contributed by atoms with Gasteiger partial charge in [0.15, 0.2) is 12.4 Å². The van der Waals surface area contributed by atoms with E-state index in [0.717, 1.165) is 17.7 Å². The number of esters is 1. The molecule has 0 aliphatic heterocycles. The van der Waals surface area contributed by atoms with E-state index in [1.54, 1.807) is 24.3 Å². The third-order valence-corrected chi connectivity index (χ3v) is 3.40. The van der Waals surface area contributed by atoms with Crippen molar-refractivity contribution in [1.29, 1.82) is 0 Å². The number of Topliss-reactive ketones (excluding diaryl/α,β-unsaturated/α-hetero) is 1. The van der Waals surface area contributed by atoms with Gasteiger partial charge < -0.3 is 4.74 Å². The molecule has 0 saturated heterocycles. The standard InChI is InChI=1S/C16H12ClNO5/c1-10-2-4-11(5-3-10)15(19)9-23-16(20)13-7-6-12(18(21)22)8-14(13)17/h2-8H,9H2,1H3. The molecule has 0 aliphatic carbocycles. The Morgan fingerprint density at radius 1 is 1.17 bits per heavy atom. The second-order valence-corrected chi connectivity index (χ2v) is 5.19. The van der Waals surface area contributed by atoms with Crippen LogP contribution in [0, 0.1) is 17.0 Å². The number of hydrogen-bond acceptors (Lipinski definition) is 5. The van der Waals surface area contributed by atoms with Gasteiger partial charge >= 0.3 is 5.97 Å². The van der Waals surface area contributed by atoms with Crippen LogP contribution >= 0.6 is 11.6 Å². The second kappa shape index (κ2) is 7.02. The molecule has 0 aromatic heterocycles. The lowest BCUT2D eigenvalue weighted by Gasteiger charge is -2.06. The summed E-state index contributed by atoms with van der Waals surface area (Å²) in [5, 5.41) is 10.5. The fraction of sp³-hybridized carbons (Fsp3) is 0.125. The molecule has 0 saturated carbocycles. The predicted molar refractivity (Wildman–Crippen MR) is 83.9 cm³/mol. The number of halogens is 1. The molecule has 0 spiro atoms. The van der Waals surface area contributed by atoms with Crippen molar-refractivity contribution in [3.8, 4) is 0 Å². The summed E-state index contributed by atoms with van der Waals surface area (Å²) in [6.45, 7) is 1.46. The van der Waals surface area contributed by atoms with Gasteiger partial charge in [-0.2, -0.15) is 0 Å². The predicted octanol–water partition coefficient (Wildman–Crippen LogP) is 3.60. The Bertz CT molecular complexity index is 771. The Balaban J connectivity index is 2.03. The highest BCUT2D eigenvalue weighted by atomic mass is 35.5. The van der Waals surface area contributed by atoms with Gasteiger partial charge in [0, 0.05) is 17.7 Å². The highest BCUT2D eigenvalue weighted by Gasteiger charge is 2.17. The van der Waals surface area contributed by atoms with Gasteiger partial charge in [-0.25, -0.2) is 4.79 Å². The first kappa shape index (κ1) is 16.6. The van der Waals surface area contributed by atoms with Crippen molar-refractivity contribution in [3.05, 3.63) is 74.3 Å². The van der Waals surface area contributed by atoms with E-state index in [-0.39, 0.29) is 22.1 Å². The van der Waals surface area contributed by atoms with Crippen molar-refractivity contribution < 1.29 is 19.2 Å². The monoisotopic (exact) mass is 333 g/mol. The van der Waals surface area contributed by atoms with Gasteiger partial charge in [0.25, 0.3) is 5.69 Å². The third kappa shape index (κ3) is 4.14. The SMILES string of the molecule is Cc1ccc(C(=O)COC(=O)c2ccc([N+](=O)[O-])cc2Cl)cc1. The number of nitrogens with zero attached hydrogens (tertiary/aromatic N) is 1. The first-order valence-electron chi connectivity index (χ1n) is 6.59. The molecule has 0 atom stereocenters. The molecule has 0 bridgehead atoms. The number of benzene rings is 2. The summed E-state index contributed by atoms with van der Waals surface area (Å²) in [5.74, 6) is -1.17. The summed E-state index contributed by atoms with van der Waals surface area (Å²) >= 11 is 5.83. The molecule has 7 heteroatoms. The Morgan fingerprint density at radius 3 is 2.39 bits per heavy atom. The zero-order valence-electron chi connectivity index (χ0n) is 12.1. The smallest absolute Gasteiger partial charge is 0.340 e. The van der Waals surface area contributed by atoms with Crippen molar-refractivity contribution in [3.63, 3.8) is 0 Å². The number of rotatable bonds is 5. The fourth-order valence-corrected chi connectivity index (χ4v) is 2.07. The largest absolute Gasteiger partial charge is 0.454 e. The average Bonchev–Trinajstić information content (AvgIpc) is 2.52. The molecule has 6 nitrogen and oxygen atoms in total. The van der Waals surface area contributed by atoms with Crippen LogP contribution in [0.4, 0.5) is 5.69 Å². The summed E-state index contributed by atoms with van der Waals surface area (Å²) < 4.78 is 4.91. The van der Waals surface area contributed by atoms with Crippen LogP contribution in [-0.4, -0.2) is 23.3 Å². The zero-order chi connectivity index (χ0) is 17.0. The van der Waals surface area contributed by atoms with E-state index in [4.69, 9.17) is 16.3 Å². The molecule has 0 aliphatic rings. The van der Waals surface area contributed by atoms with E-state index < -0.39 is 17.5 Å². The Kier molecular flexibility index (Phi) is 5.08. The van der Waals surface area contributed by atoms with Crippen molar-refractivity contribution in [2.75, 3.05) is 6.61 Å². The van der Waals surface area contributed by atoms with Gasteiger partial charge in [0.05, 0.1) is 15.5 Å². The quantitative estimate of drug-likeness (QED) is 0.361. The number of carbonyl (C=O) groups is 2. The van der Waals surface area contributed by atoms with E-state index in [9.17, 15) is 19.7 Å². The molecule has 0 amide bonds. The van der Waals surface area contributed by atoms with Crippen molar-refractivity contribution in [2.45, 2.75) is 6.92 Å². The summed E-state index contributed by atoms with van der Waals surface area (Å²) in [6.07, 6.45) is 0. The van der Waals surface area contributed by atoms with Crippen LogP contribution in [0.25, 0.3) is 0 Å². The van der Waals surface area contributed by atoms with Crippen LogP contribution < -0.4 is 0 Å². The van der Waals surface area contributed by atoms with Gasteiger partial charge in [0.2, 0.25) is 0 Å². The summed E-state index contributed by atoms with van der Waals surface area (Å²) in [4.78, 5) is 33.8. The molecule has 118 valence electrons. The number of nitro benzene ring substituents is 1. The number of aryl methyl sites for hydroxylation is 1. The van der Waals surface area contributed by atoms with Crippen molar-refractivity contribution in [2.24, 2.45) is 0 Å². The number of non-ortho nitro benzene ring substituents is 1. The minimum atomic E-state index is -0.814. The van der Waals surface area contributed by atoms with Gasteiger partial charge in [-0.1, -0.05) is 41.4 Å². The van der Waals surface area contributed by atoms with E-state index in [2.05, 4.69) is 0 Å². The maximum Gasteiger partial charge on any atom is 0.340 e. The highest BCUT2D eigenvalue weighted by Crippen LogP contribution is 2.23. The molecular weight excluding hydrogens is 322 g/mol. The number of ketones is 1. The molecule has 2 rings (SSSR count). The first-order chi connectivity index (χ1) is 10.9. The molecule has 23 heavy (non-hydrogen) atoms. The van der Waals surface area contributed by atoms with Gasteiger partial charge in [0.1, 0.15) is 0 Å². The summed E-state index contributed by atoms with van der Waals surface area (Å²) in [7, 11) is 0. The molecule has 0 fully saturated rings. The van der Waals surface area contributed by atoms with Crippen molar-refractivity contribution >= 4 is 29.0 Å². The zero-order valence-corrected chi connectivity index (χ0v) is 12.9. The van der Waals surface area contributed by atoms with Gasteiger partial charge in [-0.3, -0.25) is 14.9 Å². The van der Waals surface area contributed by atoms with Crippen LogP contribution in [0.15, 0.2) is 42.5 Å². The highest BCUT2D eigenvalue weighted by molar-refractivity contribution is 6.33. The Morgan fingerprint density at radius 2 is 1.83 bits per heavy atom. The second-order valence-electron chi connectivity index (χ2n) is 4.79. The lowest BCUT2D eigenvalue weighted by molar-refractivity contribution is -0.384. The molecular formula is C16H12ClNO5. The lowest BCUT2D eigenvalue weighted by Crippen LogP contribution is -2.14. The maximum absolute atomic E-state index is 11.9. The fourth-order valence-electron chi connectivity index (χ4n) is 1.81. The lowest BCUT2D eigenvalue weighted by atomic mass is 10.1. The topological polar surface area (TPSA) is 86.5 Å². The van der Waals surface area contributed by atoms with E-state index in [0.29, 0.717) is 5.56 Å². The van der Waals surface area contributed by atoms with Crippen LogP contribution in [-0.2, 0) is 4.74 Å². The normalized spacial score (nSPS) is 10.2. The molecule has 0 unspecified atom stereocenters.